The molecule has 2 heterocycles. The van der Waals surface area contributed by atoms with Crippen molar-refractivity contribution in [1.29, 1.82) is 0 Å². The number of thioether (sulfide) groups is 1. The summed E-state index contributed by atoms with van der Waals surface area (Å²) in [5.74, 6) is 0.165. The molecule has 0 saturated carbocycles. The number of aromatic nitrogens is 2. The number of ether oxygens (including phenoxy) is 1. The van der Waals surface area contributed by atoms with E-state index in [9.17, 15) is 9.59 Å². The Kier molecular flexibility index (Phi) is 5.52. The third kappa shape index (κ3) is 3.79. The van der Waals surface area contributed by atoms with Crippen molar-refractivity contribution in [3.8, 4) is 0 Å². The van der Waals surface area contributed by atoms with E-state index in [2.05, 4.69) is 10.3 Å². The van der Waals surface area contributed by atoms with Gasteiger partial charge in [-0.25, -0.2) is 4.98 Å². The van der Waals surface area contributed by atoms with Gasteiger partial charge in [-0.3, -0.25) is 14.2 Å². The second-order valence-electron chi connectivity index (χ2n) is 5.69. The fourth-order valence-electron chi connectivity index (χ4n) is 2.75. The number of hydrogen-bond donors (Lipinski definition) is 1. The molecule has 1 unspecified atom stereocenters. The zero-order valence-electron chi connectivity index (χ0n) is 13.7. The molecule has 1 N–H and O–H groups in total. The number of nitrogens with zero attached hydrogens (tertiary/aromatic N) is 2. The van der Waals surface area contributed by atoms with E-state index in [1.54, 1.807) is 10.6 Å². The summed E-state index contributed by atoms with van der Waals surface area (Å²) in [5.41, 5.74) is 0.597. The summed E-state index contributed by atoms with van der Waals surface area (Å²) in [7, 11) is 0. The highest BCUT2D eigenvalue weighted by Gasteiger charge is 2.17. The van der Waals surface area contributed by atoms with Gasteiger partial charge in [0.2, 0.25) is 5.91 Å². The highest BCUT2D eigenvalue weighted by atomic mass is 32.2. The van der Waals surface area contributed by atoms with Gasteiger partial charge in [0, 0.05) is 19.7 Å². The molecule has 1 aliphatic rings. The van der Waals surface area contributed by atoms with Crippen LogP contribution in [0.1, 0.15) is 19.8 Å². The highest BCUT2D eigenvalue weighted by Crippen LogP contribution is 2.17. The van der Waals surface area contributed by atoms with E-state index >= 15 is 0 Å². The van der Waals surface area contributed by atoms with Crippen LogP contribution >= 0.6 is 11.8 Å². The predicted octanol–water partition coefficient (Wildman–Crippen LogP) is 1.80. The van der Waals surface area contributed by atoms with Crippen molar-refractivity contribution in [3.63, 3.8) is 0 Å². The van der Waals surface area contributed by atoms with E-state index in [0.29, 0.717) is 29.1 Å². The van der Waals surface area contributed by atoms with Crippen LogP contribution in [0.3, 0.4) is 0 Å². The largest absolute Gasteiger partial charge is 0.376 e. The number of rotatable bonds is 6. The topological polar surface area (TPSA) is 73.2 Å². The lowest BCUT2D eigenvalue weighted by Crippen LogP contribution is -2.33. The Morgan fingerprint density at radius 1 is 1.46 bits per heavy atom. The summed E-state index contributed by atoms with van der Waals surface area (Å²) in [5, 5.41) is 4.06. The normalized spacial score (nSPS) is 17.3. The molecule has 1 amide bonds. The van der Waals surface area contributed by atoms with Crippen molar-refractivity contribution >= 4 is 28.6 Å². The molecular formula is C17H21N3O3S. The van der Waals surface area contributed by atoms with Crippen LogP contribution < -0.4 is 10.9 Å². The summed E-state index contributed by atoms with van der Waals surface area (Å²) < 4.78 is 7.10. The quantitative estimate of drug-likeness (QED) is 0.637. The van der Waals surface area contributed by atoms with Gasteiger partial charge in [-0.15, -0.1) is 0 Å². The molecule has 1 aromatic carbocycles. The average molecular weight is 347 g/mol. The fourth-order valence-corrected chi connectivity index (χ4v) is 3.64. The number of fused-ring (bicyclic) bond motifs is 1. The predicted molar refractivity (Wildman–Crippen MR) is 94.4 cm³/mol. The number of para-hydroxylation sites is 1. The number of benzene rings is 1. The molecule has 2 aromatic rings. The Morgan fingerprint density at radius 2 is 2.29 bits per heavy atom. The average Bonchev–Trinajstić information content (AvgIpc) is 3.12. The maximum absolute atomic E-state index is 12.5. The second-order valence-corrected chi connectivity index (χ2v) is 6.63. The van der Waals surface area contributed by atoms with Crippen molar-refractivity contribution in [2.45, 2.75) is 37.6 Å². The van der Waals surface area contributed by atoms with Crippen LogP contribution in [-0.4, -0.2) is 40.5 Å². The lowest BCUT2D eigenvalue weighted by molar-refractivity contribution is -0.119. The summed E-state index contributed by atoms with van der Waals surface area (Å²) in [4.78, 5) is 29.1. The summed E-state index contributed by atoms with van der Waals surface area (Å²) >= 11 is 1.29. The van der Waals surface area contributed by atoms with Gasteiger partial charge in [-0.05, 0) is 31.9 Å². The van der Waals surface area contributed by atoms with E-state index < -0.39 is 0 Å². The highest BCUT2D eigenvalue weighted by molar-refractivity contribution is 7.99. The van der Waals surface area contributed by atoms with Gasteiger partial charge in [-0.2, -0.15) is 0 Å². The fraction of sp³-hybridized carbons (Fsp3) is 0.471. The Bertz CT molecular complexity index is 784. The lowest BCUT2D eigenvalue weighted by atomic mass is 10.2. The van der Waals surface area contributed by atoms with Crippen molar-refractivity contribution in [1.82, 2.24) is 14.9 Å². The number of hydrogen-bond acceptors (Lipinski definition) is 5. The number of carbonyl (C=O) groups is 1. The number of carbonyl (C=O) groups excluding carboxylic acids is 1. The second kappa shape index (κ2) is 7.81. The van der Waals surface area contributed by atoms with Crippen molar-refractivity contribution in [3.05, 3.63) is 34.6 Å². The van der Waals surface area contributed by atoms with Gasteiger partial charge in [0.15, 0.2) is 5.16 Å². The van der Waals surface area contributed by atoms with Gasteiger partial charge >= 0.3 is 0 Å². The van der Waals surface area contributed by atoms with Gasteiger partial charge in [0.25, 0.3) is 5.56 Å². The van der Waals surface area contributed by atoms with Crippen molar-refractivity contribution in [2.75, 3.05) is 18.9 Å². The first kappa shape index (κ1) is 17.0. The van der Waals surface area contributed by atoms with Crippen LogP contribution in [-0.2, 0) is 16.1 Å². The molecule has 1 aromatic heterocycles. The number of amides is 1. The third-order valence-corrected chi connectivity index (χ3v) is 5.00. The molecule has 1 fully saturated rings. The minimum atomic E-state index is -0.0689. The molecule has 0 aliphatic carbocycles. The standard InChI is InChI=1S/C17H21N3O3S/c1-2-20-16(22)13-7-3-4-8-14(13)19-17(20)24-11-15(21)18-10-12-6-5-9-23-12/h3-4,7-8,12H,2,5-6,9-11H2,1H3,(H,18,21). The molecule has 24 heavy (non-hydrogen) atoms. The van der Waals surface area contributed by atoms with E-state index in [-0.39, 0.29) is 23.3 Å². The third-order valence-electron chi connectivity index (χ3n) is 4.03. The molecule has 7 heteroatoms. The summed E-state index contributed by atoms with van der Waals surface area (Å²) in [6, 6.07) is 7.28. The van der Waals surface area contributed by atoms with Gasteiger partial charge in [0.1, 0.15) is 0 Å². The van der Waals surface area contributed by atoms with Crippen LogP contribution in [0.4, 0.5) is 0 Å². The van der Waals surface area contributed by atoms with Crippen molar-refractivity contribution in [2.24, 2.45) is 0 Å². The lowest BCUT2D eigenvalue weighted by Gasteiger charge is -2.12. The zero-order valence-corrected chi connectivity index (χ0v) is 14.5. The molecule has 128 valence electrons. The minimum absolute atomic E-state index is 0.0645. The Morgan fingerprint density at radius 3 is 3.04 bits per heavy atom. The first-order valence-electron chi connectivity index (χ1n) is 8.19. The molecule has 1 aliphatic heterocycles. The molecular weight excluding hydrogens is 326 g/mol. The van der Waals surface area contributed by atoms with Crippen molar-refractivity contribution < 1.29 is 9.53 Å². The zero-order chi connectivity index (χ0) is 16.9. The maximum Gasteiger partial charge on any atom is 0.262 e. The molecule has 3 rings (SSSR count). The van der Waals surface area contributed by atoms with E-state index in [0.717, 1.165) is 19.4 Å². The molecule has 1 saturated heterocycles. The monoisotopic (exact) mass is 347 g/mol. The molecule has 0 spiro atoms. The molecule has 6 nitrogen and oxygen atoms in total. The van der Waals surface area contributed by atoms with Crippen LogP contribution in [0.15, 0.2) is 34.2 Å². The first-order valence-corrected chi connectivity index (χ1v) is 9.18. The molecule has 0 radical (unpaired) electrons. The van der Waals surface area contributed by atoms with Gasteiger partial charge in [-0.1, -0.05) is 23.9 Å². The first-order chi connectivity index (χ1) is 11.7. The molecule has 0 bridgehead atoms. The maximum atomic E-state index is 12.5. The summed E-state index contributed by atoms with van der Waals surface area (Å²) in [6.07, 6.45) is 2.18. The van der Waals surface area contributed by atoms with E-state index in [4.69, 9.17) is 4.74 Å². The number of nitrogens with one attached hydrogen (secondary N) is 1. The van der Waals surface area contributed by atoms with Crippen LogP contribution in [0, 0.1) is 0 Å². The summed E-state index contributed by atoms with van der Waals surface area (Å²) in [6.45, 7) is 3.75. The minimum Gasteiger partial charge on any atom is -0.376 e. The molecule has 1 atom stereocenters. The van der Waals surface area contributed by atoms with E-state index in [1.165, 1.54) is 11.8 Å². The Labute approximate surface area is 144 Å². The van der Waals surface area contributed by atoms with E-state index in [1.807, 2.05) is 25.1 Å². The van der Waals surface area contributed by atoms with Crippen LogP contribution in [0.5, 0.6) is 0 Å². The van der Waals surface area contributed by atoms with Gasteiger partial charge < -0.3 is 10.1 Å². The van der Waals surface area contributed by atoms with Crippen LogP contribution in [0.2, 0.25) is 0 Å². The van der Waals surface area contributed by atoms with Gasteiger partial charge in [0.05, 0.1) is 22.8 Å². The van der Waals surface area contributed by atoms with Crippen LogP contribution in [0.25, 0.3) is 10.9 Å². The SMILES string of the molecule is CCn1c(SCC(=O)NCC2CCCO2)nc2ccccc2c1=O. The Hall–Kier alpha value is -1.86. The smallest absolute Gasteiger partial charge is 0.262 e. The Balaban J connectivity index is 1.67.